The summed E-state index contributed by atoms with van der Waals surface area (Å²) < 4.78 is 123. The molecule has 0 saturated carbocycles. The minimum absolute atomic E-state index is 0.0453. The van der Waals surface area contributed by atoms with Crippen molar-refractivity contribution in [3.63, 3.8) is 0 Å². The lowest BCUT2D eigenvalue weighted by Crippen LogP contribution is -2.12. The van der Waals surface area contributed by atoms with E-state index in [1.165, 1.54) is 37.5 Å². The van der Waals surface area contributed by atoms with Crippen LogP contribution in [0.2, 0.25) is 0 Å². The molecule has 0 amide bonds. The van der Waals surface area contributed by atoms with Gasteiger partial charge >= 0.3 is 18.5 Å². The lowest BCUT2D eigenvalue weighted by molar-refractivity contribution is -0.143. The maximum atomic E-state index is 13.7. The molecule has 0 saturated heterocycles. The van der Waals surface area contributed by atoms with Crippen LogP contribution in [0.25, 0.3) is 43.8 Å². The zero-order valence-corrected chi connectivity index (χ0v) is 23.2. The van der Waals surface area contributed by atoms with Crippen molar-refractivity contribution in [2.75, 3.05) is 0 Å². The molecule has 0 bridgehead atoms. The number of hydrogen-bond acceptors (Lipinski definition) is 6. The summed E-state index contributed by atoms with van der Waals surface area (Å²) in [6.07, 6.45) is -12.3. The fourth-order valence-electron chi connectivity index (χ4n) is 5.50. The Kier molecular flexibility index (Phi) is 7.54. The number of rotatable bonds is 2. The van der Waals surface area contributed by atoms with E-state index < -0.39 is 57.3 Å². The normalized spacial score (nSPS) is 13.1. The van der Waals surface area contributed by atoms with E-state index in [4.69, 9.17) is 0 Å². The molecule has 0 unspecified atom stereocenters. The molecular formula is C32H11F9N6. The van der Waals surface area contributed by atoms with Crippen molar-refractivity contribution in [3.05, 3.63) is 92.6 Å². The first-order valence-corrected chi connectivity index (χ1v) is 12.9. The summed E-state index contributed by atoms with van der Waals surface area (Å²) in [5.74, 6) is 0. The molecular weight excluding hydrogens is 639 g/mol. The van der Waals surface area contributed by atoms with Gasteiger partial charge in [-0.15, -0.1) is 0 Å². The van der Waals surface area contributed by atoms with E-state index in [9.17, 15) is 60.6 Å². The number of hydrogen-bond donors (Lipinski definition) is 0. The summed E-state index contributed by atoms with van der Waals surface area (Å²) in [6, 6.07) is 9.48. The van der Waals surface area contributed by atoms with E-state index in [-0.39, 0.29) is 55.2 Å². The number of halogens is 9. The maximum absolute atomic E-state index is 13.7. The van der Waals surface area contributed by atoms with Gasteiger partial charge in [0.25, 0.3) is 0 Å². The first-order chi connectivity index (χ1) is 21.9. The Balaban J connectivity index is 1.98. The fraction of sp³-hybridized carbons (Fsp3) is 0.125. The molecule has 47 heavy (non-hydrogen) atoms. The Morgan fingerprint density at radius 1 is 0.489 bits per heavy atom. The zero-order chi connectivity index (χ0) is 34.6. The summed E-state index contributed by atoms with van der Waals surface area (Å²) in [6.45, 7) is 1.37. The molecule has 6 nitrogen and oxygen atoms in total. The molecule has 0 aliphatic carbocycles. The maximum Gasteiger partial charge on any atom is 0.416 e. The minimum Gasteiger partial charge on any atom is -0.192 e. The highest BCUT2D eigenvalue weighted by molar-refractivity contribution is 6.10. The van der Waals surface area contributed by atoms with Gasteiger partial charge in [0, 0.05) is 32.7 Å². The average molecular weight is 650 g/mol. The zero-order valence-electron chi connectivity index (χ0n) is 23.2. The summed E-state index contributed by atoms with van der Waals surface area (Å²) in [4.78, 5) is 7.34. The number of nitriles is 4. The predicted molar refractivity (Wildman–Crippen MR) is 146 cm³/mol. The van der Waals surface area contributed by atoms with Crippen molar-refractivity contribution in [2.24, 2.45) is 9.98 Å². The highest BCUT2D eigenvalue weighted by Crippen LogP contribution is 2.41. The number of nitrogens with zero attached hydrogens (tertiary/aromatic N) is 6. The van der Waals surface area contributed by atoms with Crippen LogP contribution in [0.5, 0.6) is 0 Å². The first-order valence-electron chi connectivity index (χ1n) is 12.9. The van der Waals surface area contributed by atoms with E-state index in [2.05, 4.69) is 9.98 Å². The van der Waals surface area contributed by atoms with E-state index >= 15 is 0 Å². The molecule has 0 spiro atoms. The van der Waals surface area contributed by atoms with Gasteiger partial charge in [-0.3, -0.25) is 0 Å². The van der Waals surface area contributed by atoms with Gasteiger partial charge in [0.15, 0.2) is 0 Å². The third kappa shape index (κ3) is 5.49. The highest BCUT2D eigenvalue weighted by Gasteiger charge is 2.38. The quantitative estimate of drug-likeness (QED) is 0.142. The molecule has 5 aromatic rings. The van der Waals surface area contributed by atoms with Gasteiger partial charge in [0.1, 0.15) is 12.1 Å². The van der Waals surface area contributed by atoms with Crippen LogP contribution in [-0.2, 0) is 18.5 Å². The summed E-state index contributed by atoms with van der Waals surface area (Å²) in [5, 5.41) is 38.0. The second-order valence-corrected chi connectivity index (χ2v) is 10.2. The van der Waals surface area contributed by atoms with Crippen molar-refractivity contribution in [3.8, 4) is 46.8 Å². The van der Waals surface area contributed by atoms with Crippen LogP contribution in [0.15, 0.2) is 58.5 Å². The molecule has 0 radical (unpaired) electrons. The van der Waals surface area contributed by atoms with Crippen molar-refractivity contribution >= 4 is 21.5 Å². The Labute approximate surface area is 257 Å². The highest BCUT2D eigenvalue weighted by atomic mass is 19.4. The topological polar surface area (TPSA) is 120 Å². The third-order valence-corrected chi connectivity index (χ3v) is 7.30. The van der Waals surface area contributed by atoms with Crippen LogP contribution in [0.1, 0.15) is 33.4 Å². The number of alkyl halides is 9. The minimum atomic E-state index is -5.24. The third-order valence-electron chi connectivity index (χ3n) is 7.30. The van der Waals surface area contributed by atoms with Crippen molar-refractivity contribution in [1.82, 2.24) is 0 Å². The second kappa shape index (κ2) is 11.0. The Morgan fingerprint density at radius 2 is 0.851 bits per heavy atom. The smallest absolute Gasteiger partial charge is 0.192 e. The molecule has 0 N–H and O–H groups in total. The molecule has 0 aromatic heterocycles. The molecule has 15 heteroatoms. The molecule has 0 aliphatic rings. The lowest BCUT2D eigenvalue weighted by atomic mass is 9.97. The molecule has 0 atom stereocenters. The molecule has 5 aromatic carbocycles. The molecule has 0 heterocycles. The van der Waals surface area contributed by atoms with E-state index in [0.717, 1.165) is 12.1 Å². The predicted octanol–water partition coefficient (Wildman–Crippen LogP) is 8.07. The Bertz CT molecular complexity index is 2400. The van der Waals surface area contributed by atoms with Gasteiger partial charge in [-0.1, -0.05) is 6.07 Å². The molecule has 232 valence electrons. The fourth-order valence-corrected chi connectivity index (χ4v) is 5.50. The number of aryl methyl sites for hydroxylation is 1. The monoisotopic (exact) mass is 650 g/mol. The van der Waals surface area contributed by atoms with Gasteiger partial charge in [-0.25, -0.2) is 0 Å². The van der Waals surface area contributed by atoms with E-state index in [1.807, 2.05) is 6.07 Å². The average Bonchev–Trinajstić information content (AvgIpc) is 3.45. The van der Waals surface area contributed by atoms with Gasteiger partial charge in [0.05, 0.1) is 38.5 Å². The van der Waals surface area contributed by atoms with Crippen LogP contribution >= 0.6 is 0 Å². The van der Waals surface area contributed by atoms with Crippen LogP contribution < -0.4 is 10.7 Å². The van der Waals surface area contributed by atoms with Crippen LogP contribution in [0.3, 0.4) is 0 Å². The molecule has 0 fully saturated rings. The molecule has 5 rings (SSSR count). The summed E-state index contributed by atoms with van der Waals surface area (Å²) in [5.41, 5.74) is -6.66. The lowest BCUT2D eigenvalue weighted by Gasteiger charge is -2.14. The number of benzene rings is 3. The largest absolute Gasteiger partial charge is 0.416 e. The Hall–Kier alpha value is -6.19. The van der Waals surface area contributed by atoms with Crippen molar-refractivity contribution < 1.29 is 39.5 Å². The van der Waals surface area contributed by atoms with E-state index in [0.29, 0.717) is 12.1 Å². The van der Waals surface area contributed by atoms with Crippen molar-refractivity contribution in [2.45, 2.75) is 25.5 Å². The van der Waals surface area contributed by atoms with Crippen LogP contribution in [0, 0.1) is 52.5 Å². The van der Waals surface area contributed by atoms with Gasteiger partial charge in [-0.2, -0.15) is 70.5 Å². The van der Waals surface area contributed by atoms with Crippen LogP contribution in [-0.4, -0.2) is 0 Å². The van der Waals surface area contributed by atoms with Crippen molar-refractivity contribution in [1.29, 1.82) is 21.0 Å². The standard InChI is InChI=1S/C32H11F9N6/c1-14-2-15(4-17(3-14)30(33,34)35)26-24(10-42)20-8-21-23(9-22(20)28(26)46-12-44)29(47-13-45)27(25(21)11-43)16-5-18(31(36,37)38)7-19(6-16)32(39,40)41/h2-9H,1H3. The summed E-state index contributed by atoms with van der Waals surface area (Å²) >= 11 is 0. The first kappa shape index (κ1) is 32.2. The number of fused-ring (bicyclic) bond motifs is 2. The second-order valence-electron chi connectivity index (χ2n) is 10.2. The van der Waals surface area contributed by atoms with Gasteiger partial charge in [-0.05, 0) is 66.1 Å². The molecule has 0 aliphatic heterocycles. The summed E-state index contributed by atoms with van der Waals surface area (Å²) in [7, 11) is 0. The van der Waals surface area contributed by atoms with E-state index in [1.54, 1.807) is 6.07 Å². The van der Waals surface area contributed by atoms with Gasteiger partial charge in [0.2, 0.25) is 12.4 Å². The van der Waals surface area contributed by atoms with Gasteiger partial charge < -0.3 is 0 Å². The SMILES string of the molecule is Cc1cc(-c2c(C#N)c3cc4c(C#N)c(-c5cc(C(F)(F)F)cc(C(F)(F)F)c5)c(=NC#N)c4cc3c2=NC#N)cc(C(F)(F)F)c1. The van der Waals surface area contributed by atoms with Crippen LogP contribution in [0.4, 0.5) is 39.5 Å². The Morgan fingerprint density at radius 3 is 1.21 bits per heavy atom.